The third kappa shape index (κ3) is 5.25. The first-order valence-electron chi connectivity index (χ1n) is 9.00. The average molecular weight is 368 g/mol. The highest BCUT2D eigenvalue weighted by Gasteiger charge is 2.46. The van der Waals surface area contributed by atoms with E-state index in [0.717, 1.165) is 5.56 Å². The number of benzene rings is 1. The molecule has 26 heavy (non-hydrogen) atoms. The zero-order valence-electron chi connectivity index (χ0n) is 16.6. The van der Waals surface area contributed by atoms with Gasteiger partial charge in [-0.3, -0.25) is 0 Å². The Hall–Kier alpha value is -1.02. The molecule has 148 valence electrons. The van der Waals surface area contributed by atoms with Gasteiger partial charge in [0, 0.05) is 20.6 Å². The Labute approximate surface area is 156 Å². The van der Waals surface area contributed by atoms with Gasteiger partial charge in [0.25, 0.3) is 0 Å². The monoisotopic (exact) mass is 368 g/mol. The van der Waals surface area contributed by atoms with Crippen LogP contribution in [0.5, 0.6) is 0 Å². The summed E-state index contributed by atoms with van der Waals surface area (Å²) < 4.78 is 28.8. The fourth-order valence-electron chi connectivity index (χ4n) is 3.21. The van der Waals surface area contributed by atoms with Gasteiger partial charge in [-0.1, -0.05) is 30.3 Å². The summed E-state index contributed by atoms with van der Waals surface area (Å²) in [7, 11) is 3.01. The Morgan fingerprint density at radius 2 is 1.77 bits per heavy atom. The number of ether oxygens (including phenoxy) is 5. The molecule has 1 aliphatic heterocycles. The minimum atomic E-state index is -1.12. The van der Waals surface area contributed by atoms with Gasteiger partial charge in [0.1, 0.15) is 12.2 Å². The first kappa shape index (κ1) is 21.3. The van der Waals surface area contributed by atoms with Gasteiger partial charge in [-0.2, -0.15) is 0 Å². The molecule has 1 aliphatic rings. The van der Waals surface area contributed by atoms with Gasteiger partial charge in [0.2, 0.25) is 0 Å². The number of hydrogen-bond donors (Lipinski definition) is 1. The van der Waals surface area contributed by atoms with Crippen LogP contribution in [0.3, 0.4) is 0 Å². The number of aliphatic hydroxyl groups excluding tert-OH is 1. The van der Waals surface area contributed by atoms with E-state index < -0.39 is 17.7 Å². The molecule has 0 spiro atoms. The molecule has 0 bridgehead atoms. The molecular weight excluding hydrogens is 336 g/mol. The lowest BCUT2D eigenvalue weighted by molar-refractivity contribution is -0.256. The van der Waals surface area contributed by atoms with Gasteiger partial charge in [-0.25, -0.2) is 0 Å². The maximum atomic E-state index is 10.7. The highest BCUT2D eigenvalue weighted by Crippen LogP contribution is 2.33. The van der Waals surface area contributed by atoms with Crippen molar-refractivity contribution in [1.82, 2.24) is 0 Å². The van der Waals surface area contributed by atoms with E-state index >= 15 is 0 Å². The molecule has 1 aromatic carbocycles. The van der Waals surface area contributed by atoms with Gasteiger partial charge in [0.15, 0.2) is 11.6 Å². The molecule has 2 rings (SSSR count). The molecule has 0 radical (unpaired) electrons. The van der Waals surface area contributed by atoms with Crippen molar-refractivity contribution in [3.63, 3.8) is 0 Å². The van der Waals surface area contributed by atoms with Gasteiger partial charge in [-0.05, 0) is 33.3 Å². The summed E-state index contributed by atoms with van der Waals surface area (Å²) in [5, 5.41) is 10.7. The quantitative estimate of drug-likeness (QED) is 0.676. The Bertz CT molecular complexity index is 542. The highest BCUT2D eigenvalue weighted by atomic mass is 16.8. The van der Waals surface area contributed by atoms with Crippen LogP contribution in [0.15, 0.2) is 30.3 Å². The Kier molecular flexibility index (Phi) is 7.19. The fourth-order valence-corrected chi connectivity index (χ4v) is 3.21. The van der Waals surface area contributed by atoms with E-state index in [1.165, 1.54) is 14.2 Å². The first-order chi connectivity index (χ1) is 12.2. The lowest BCUT2D eigenvalue weighted by Gasteiger charge is -2.35. The molecular formula is C20H32O6. The maximum absolute atomic E-state index is 10.7. The summed E-state index contributed by atoms with van der Waals surface area (Å²) in [6.45, 7) is 7.83. The maximum Gasteiger partial charge on any atom is 0.191 e. The van der Waals surface area contributed by atoms with Crippen molar-refractivity contribution in [2.45, 2.75) is 76.7 Å². The third-order valence-electron chi connectivity index (χ3n) is 4.90. The molecule has 0 saturated carbocycles. The lowest BCUT2D eigenvalue weighted by atomic mass is 9.98. The molecule has 0 aliphatic carbocycles. The van der Waals surface area contributed by atoms with Crippen molar-refractivity contribution in [2.75, 3.05) is 14.2 Å². The van der Waals surface area contributed by atoms with Crippen molar-refractivity contribution in [3.8, 4) is 0 Å². The molecule has 0 amide bonds. The second-order valence-corrected chi connectivity index (χ2v) is 7.32. The third-order valence-corrected chi connectivity index (χ3v) is 4.90. The zero-order valence-corrected chi connectivity index (χ0v) is 16.6. The summed E-state index contributed by atoms with van der Waals surface area (Å²) in [6, 6.07) is 9.90. The van der Waals surface area contributed by atoms with E-state index in [4.69, 9.17) is 23.7 Å². The second kappa shape index (κ2) is 8.78. The van der Waals surface area contributed by atoms with Crippen LogP contribution in [0.2, 0.25) is 0 Å². The molecule has 0 unspecified atom stereocenters. The van der Waals surface area contributed by atoms with Crippen LogP contribution in [0.1, 0.15) is 39.7 Å². The molecule has 1 saturated heterocycles. The van der Waals surface area contributed by atoms with Gasteiger partial charge in [0.05, 0.1) is 18.8 Å². The van der Waals surface area contributed by atoms with Crippen LogP contribution < -0.4 is 0 Å². The minimum absolute atomic E-state index is 0.158. The van der Waals surface area contributed by atoms with Gasteiger partial charge < -0.3 is 28.8 Å². The number of aliphatic hydroxyl groups is 1. The van der Waals surface area contributed by atoms with Crippen molar-refractivity contribution < 1.29 is 28.8 Å². The molecule has 6 heteroatoms. The topological polar surface area (TPSA) is 66.4 Å². The van der Waals surface area contributed by atoms with Crippen LogP contribution in [0.4, 0.5) is 0 Å². The summed E-state index contributed by atoms with van der Waals surface area (Å²) in [5.74, 6) is -1.80. The van der Waals surface area contributed by atoms with Crippen LogP contribution >= 0.6 is 0 Å². The first-order valence-corrected chi connectivity index (χ1v) is 9.00. The summed E-state index contributed by atoms with van der Waals surface area (Å²) >= 11 is 0. The largest absolute Gasteiger partial charge is 0.387 e. The number of rotatable bonds is 9. The minimum Gasteiger partial charge on any atom is -0.387 e. The van der Waals surface area contributed by atoms with Crippen LogP contribution in [0, 0.1) is 0 Å². The molecule has 6 nitrogen and oxygen atoms in total. The molecule has 1 fully saturated rings. The van der Waals surface area contributed by atoms with Crippen LogP contribution in [-0.2, 0) is 30.3 Å². The van der Waals surface area contributed by atoms with E-state index in [-0.39, 0.29) is 18.3 Å². The molecule has 4 atom stereocenters. The summed E-state index contributed by atoms with van der Waals surface area (Å²) in [5.41, 5.74) is 1.05. The highest BCUT2D eigenvalue weighted by molar-refractivity contribution is 5.13. The standard InChI is InChI=1S/C20H32O6/c1-14-18(26-19(2,3)25-14)16(12-17(21)20(4,22-5)23-6)24-13-15-10-8-7-9-11-15/h7-11,14,16-18,21H,12-13H2,1-6H3/t14-,16-,17-,18-/m1/s1. The van der Waals surface area contributed by atoms with Crippen molar-refractivity contribution >= 4 is 0 Å². The lowest BCUT2D eigenvalue weighted by Crippen LogP contribution is -2.48. The normalized spacial score (nSPS) is 25.2. The summed E-state index contributed by atoms with van der Waals surface area (Å²) in [4.78, 5) is 0. The van der Waals surface area contributed by atoms with Crippen molar-refractivity contribution in [1.29, 1.82) is 0 Å². The van der Waals surface area contributed by atoms with Gasteiger partial charge in [-0.15, -0.1) is 0 Å². The average Bonchev–Trinajstić information content (AvgIpc) is 2.90. The SMILES string of the molecule is COC(C)(OC)[C@H](O)C[C@@H](OCc1ccccc1)[C@@H]1OC(C)(C)O[C@@H]1C. The number of hydrogen-bond acceptors (Lipinski definition) is 6. The van der Waals surface area contributed by atoms with E-state index in [1.54, 1.807) is 6.92 Å². The summed E-state index contributed by atoms with van der Waals surface area (Å²) in [6.07, 6.45) is -1.44. The van der Waals surface area contributed by atoms with Crippen LogP contribution in [0.25, 0.3) is 0 Å². The molecule has 1 heterocycles. The van der Waals surface area contributed by atoms with E-state index in [1.807, 2.05) is 51.1 Å². The van der Waals surface area contributed by atoms with Crippen LogP contribution in [-0.4, -0.2) is 55.3 Å². The number of methoxy groups -OCH3 is 2. The molecule has 0 aromatic heterocycles. The van der Waals surface area contributed by atoms with E-state index in [0.29, 0.717) is 13.0 Å². The predicted octanol–water partition coefficient (Wildman–Crippen LogP) is 2.87. The molecule has 1 aromatic rings. The Morgan fingerprint density at radius 3 is 2.27 bits per heavy atom. The predicted molar refractivity (Wildman–Crippen MR) is 97.6 cm³/mol. The van der Waals surface area contributed by atoms with E-state index in [9.17, 15) is 5.11 Å². The zero-order chi connectivity index (χ0) is 19.4. The smallest absolute Gasteiger partial charge is 0.191 e. The molecule has 1 N–H and O–H groups in total. The fraction of sp³-hybridized carbons (Fsp3) is 0.700. The Morgan fingerprint density at radius 1 is 1.15 bits per heavy atom. The second-order valence-electron chi connectivity index (χ2n) is 7.32. The van der Waals surface area contributed by atoms with E-state index in [2.05, 4.69) is 0 Å². The Balaban J connectivity index is 2.13. The van der Waals surface area contributed by atoms with Gasteiger partial charge >= 0.3 is 0 Å². The van der Waals surface area contributed by atoms with Crippen molar-refractivity contribution in [3.05, 3.63) is 35.9 Å². The van der Waals surface area contributed by atoms with Crippen molar-refractivity contribution in [2.24, 2.45) is 0 Å².